The molecule has 2 fully saturated rings. The first-order valence-electron chi connectivity index (χ1n) is 6.78. The Kier molecular flexibility index (Phi) is 3.35. The number of hydrogen-bond donors (Lipinski definition) is 1. The Labute approximate surface area is 119 Å². The van der Waals surface area contributed by atoms with E-state index in [1.165, 1.54) is 4.96 Å². The normalized spacial score (nSPS) is 23.1. The summed E-state index contributed by atoms with van der Waals surface area (Å²) in [5.41, 5.74) is 0. The highest BCUT2D eigenvalue weighted by Crippen LogP contribution is 2.17. The van der Waals surface area contributed by atoms with Crippen molar-refractivity contribution in [2.75, 3.05) is 24.8 Å². The van der Waals surface area contributed by atoms with E-state index in [9.17, 15) is 14.4 Å². The first-order valence-corrected chi connectivity index (χ1v) is 6.78. The number of nitrogens with zero attached hydrogens (tertiary/aromatic N) is 4. The van der Waals surface area contributed by atoms with Crippen LogP contribution in [0.5, 0.6) is 0 Å². The predicted molar refractivity (Wildman–Crippen MR) is 65.5 cm³/mol. The molecule has 1 atom stereocenters. The maximum atomic E-state index is 11.4. The van der Waals surface area contributed by atoms with E-state index in [0.717, 1.165) is 16.3 Å². The Morgan fingerprint density at radius 2 is 2.05 bits per heavy atom. The zero-order chi connectivity index (χ0) is 15.0. The second kappa shape index (κ2) is 5.19. The van der Waals surface area contributed by atoms with Crippen LogP contribution in [-0.2, 0) is 14.4 Å². The molecular formula is C11H16N4O6. The third kappa shape index (κ3) is 2.73. The zero-order valence-electron chi connectivity index (χ0n) is 11.3. The van der Waals surface area contributed by atoms with E-state index >= 15 is 0 Å². The summed E-state index contributed by atoms with van der Waals surface area (Å²) in [4.78, 5) is 41.3. The van der Waals surface area contributed by atoms with Gasteiger partial charge in [-0.25, -0.2) is 4.90 Å². The maximum absolute atomic E-state index is 11.4. The zero-order valence-corrected chi connectivity index (χ0v) is 11.3. The number of piperidine rings is 1. The molecule has 0 spiro atoms. The minimum Gasteiger partial charge on any atom is -0.481 e. The topological polar surface area (TPSA) is 110 Å². The van der Waals surface area contributed by atoms with Crippen LogP contribution >= 0.6 is 0 Å². The number of aromatic nitrogens is 2. The van der Waals surface area contributed by atoms with E-state index in [0.29, 0.717) is 19.5 Å². The van der Waals surface area contributed by atoms with Crippen molar-refractivity contribution < 1.29 is 29.0 Å². The molecule has 2 aliphatic rings. The molecular weight excluding hydrogens is 284 g/mol. The molecule has 1 N–H and O–H groups in total. The fourth-order valence-corrected chi connectivity index (χ4v) is 2.46. The number of carbonyl (C=O) groups is 3. The van der Waals surface area contributed by atoms with Gasteiger partial charge in [0.15, 0.2) is 0 Å². The van der Waals surface area contributed by atoms with Crippen molar-refractivity contribution in [2.24, 2.45) is 5.92 Å². The summed E-state index contributed by atoms with van der Waals surface area (Å²) < 4.78 is 5.04. The molecule has 3 heterocycles. The standard InChI is InChI=1S/C11H16N4O6/c16-9-3-4-10(17)13(9)7-20-15-14(21-15)12-5-1-2-8(6-12)11(18)19/h8H,1-7H2,(H,18,19). The Hall–Kier alpha value is -2.39. The van der Waals surface area contributed by atoms with Crippen molar-refractivity contribution in [1.29, 1.82) is 0 Å². The van der Waals surface area contributed by atoms with E-state index in [4.69, 9.17) is 14.6 Å². The van der Waals surface area contributed by atoms with Crippen molar-refractivity contribution >= 4 is 17.8 Å². The second-order valence-corrected chi connectivity index (χ2v) is 5.14. The van der Waals surface area contributed by atoms with Crippen molar-refractivity contribution in [2.45, 2.75) is 25.7 Å². The molecule has 10 heteroatoms. The lowest BCUT2D eigenvalue weighted by Crippen LogP contribution is -2.44. The molecule has 0 saturated carbocycles. The predicted octanol–water partition coefficient (Wildman–Crippen LogP) is -1.15. The molecule has 2 amide bonds. The van der Waals surface area contributed by atoms with Gasteiger partial charge in [-0.1, -0.05) is 0 Å². The Balaban J connectivity index is 1.51. The van der Waals surface area contributed by atoms with Gasteiger partial charge in [-0.2, -0.15) is 4.63 Å². The smallest absolute Gasteiger partial charge is 0.308 e. The molecule has 3 rings (SSSR count). The molecule has 2 saturated heterocycles. The van der Waals surface area contributed by atoms with Crippen LogP contribution in [0.25, 0.3) is 0 Å². The second-order valence-electron chi connectivity index (χ2n) is 5.14. The number of carbonyl (C=O) groups excluding carboxylic acids is 2. The number of hydrogen-bond acceptors (Lipinski definition) is 6. The summed E-state index contributed by atoms with van der Waals surface area (Å²) in [7, 11) is 0. The van der Waals surface area contributed by atoms with Crippen molar-refractivity contribution in [3.8, 4) is 0 Å². The number of likely N-dealkylation sites (tertiary alicyclic amines) is 1. The minimum atomic E-state index is -0.831. The van der Waals surface area contributed by atoms with Gasteiger partial charge in [0.25, 0.3) is 0 Å². The molecule has 1 aromatic heterocycles. The van der Waals surface area contributed by atoms with Crippen molar-refractivity contribution in [1.82, 2.24) is 14.9 Å². The van der Waals surface area contributed by atoms with Crippen LogP contribution < -0.4 is 9.85 Å². The first-order chi connectivity index (χ1) is 10.1. The Morgan fingerprint density at radius 1 is 1.33 bits per heavy atom. The molecule has 21 heavy (non-hydrogen) atoms. The van der Waals surface area contributed by atoms with Crippen LogP contribution in [0.15, 0.2) is 4.63 Å². The average Bonchev–Trinajstić information content (AvgIpc) is 3.18. The number of carboxylic acids is 1. The Morgan fingerprint density at radius 3 is 2.71 bits per heavy atom. The molecule has 116 valence electrons. The first kappa shape index (κ1) is 13.6. The summed E-state index contributed by atoms with van der Waals surface area (Å²) in [6, 6.07) is 0. The molecule has 1 unspecified atom stereocenters. The van der Waals surface area contributed by atoms with Crippen LogP contribution in [0.2, 0.25) is 0 Å². The van der Waals surface area contributed by atoms with Gasteiger partial charge in [0.05, 0.1) is 12.5 Å². The van der Waals surface area contributed by atoms with Crippen molar-refractivity contribution in [3.05, 3.63) is 0 Å². The van der Waals surface area contributed by atoms with Gasteiger partial charge in [-0.15, -0.1) is 0 Å². The summed E-state index contributed by atoms with van der Waals surface area (Å²) in [6.07, 6.45) is 1.80. The van der Waals surface area contributed by atoms with E-state index in [1.807, 2.05) is 0 Å². The van der Waals surface area contributed by atoms with Crippen LogP contribution in [0.4, 0.5) is 0 Å². The van der Waals surface area contributed by atoms with Gasteiger partial charge in [0.2, 0.25) is 18.5 Å². The van der Waals surface area contributed by atoms with E-state index in [1.54, 1.807) is 5.01 Å². The number of amides is 2. The highest BCUT2D eigenvalue weighted by Gasteiger charge is 2.33. The van der Waals surface area contributed by atoms with Gasteiger partial charge >= 0.3 is 5.97 Å². The number of rotatable bonds is 5. The molecule has 10 nitrogen and oxygen atoms in total. The third-order valence-corrected chi connectivity index (χ3v) is 3.70. The summed E-state index contributed by atoms with van der Waals surface area (Å²) in [6.45, 7) is 0.784. The lowest BCUT2D eigenvalue weighted by molar-refractivity contribution is -0.146. The third-order valence-electron chi connectivity index (χ3n) is 3.70. The van der Waals surface area contributed by atoms with Gasteiger partial charge in [-0.3, -0.25) is 19.4 Å². The monoisotopic (exact) mass is 300 g/mol. The lowest BCUT2D eigenvalue weighted by atomic mass is 10.00. The summed E-state index contributed by atoms with van der Waals surface area (Å²) in [5.74, 6) is -1.80. The SMILES string of the molecule is O=C(O)C1CCCN(n2on2OCN2C(=O)CCC2=O)C1. The summed E-state index contributed by atoms with van der Waals surface area (Å²) in [5, 5.41) is 11.8. The summed E-state index contributed by atoms with van der Waals surface area (Å²) >= 11 is 0. The van der Waals surface area contributed by atoms with E-state index in [2.05, 4.69) is 0 Å². The largest absolute Gasteiger partial charge is 0.481 e. The molecule has 0 bridgehead atoms. The Bertz CT molecular complexity index is 541. The average molecular weight is 300 g/mol. The molecule has 0 aromatic carbocycles. The van der Waals surface area contributed by atoms with Crippen LogP contribution in [0.3, 0.4) is 0 Å². The molecule has 1 aromatic rings. The molecule has 2 aliphatic heterocycles. The van der Waals surface area contributed by atoms with Gasteiger partial charge < -0.3 is 9.94 Å². The van der Waals surface area contributed by atoms with Gasteiger partial charge in [-0.05, 0) is 12.8 Å². The van der Waals surface area contributed by atoms with Crippen LogP contribution in [0, 0.1) is 5.92 Å². The van der Waals surface area contributed by atoms with Crippen LogP contribution in [-0.4, -0.2) is 57.6 Å². The highest BCUT2D eigenvalue weighted by molar-refractivity contribution is 6.01. The quantitative estimate of drug-likeness (QED) is 0.684. The lowest BCUT2D eigenvalue weighted by Gasteiger charge is -2.26. The fourth-order valence-electron chi connectivity index (χ4n) is 2.46. The molecule has 0 radical (unpaired) electrons. The van der Waals surface area contributed by atoms with Gasteiger partial charge in [0, 0.05) is 24.3 Å². The minimum absolute atomic E-state index is 0.204. The van der Waals surface area contributed by atoms with Gasteiger partial charge in [0.1, 0.15) is 5.02 Å². The molecule has 0 aliphatic carbocycles. The van der Waals surface area contributed by atoms with E-state index < -0.39 is 11.9 Å². The van der Waals surface area contributed by atoms with Crippen LogP contribution in [0.1, 0.15) is 25.7 Å². The van der Waals surface area contributed by atoms with E-state index in [-0.39, 0.29) is 31.4 Å². The number of aliphatic carboxylic acids is 1. The maximum Gasteiger partial charge on any atom is 0.308 e. The van der Waals surface area contributed by atoms with Crippen molar-refractivity contribution in [3.63, 3.8) is 0 Å². The number of carboxylic acid groups (broad SMARTS) is 1. The highest BCUT2D eigenvalue weighted by atomic mass is 17.0. The number of imide groups is 1. The fraction of sp³-hybridized carbons (Fsp3) is 0.727.